The Bertz CT molecular complexity index is 908. The van der Waals surface area contributed by atoms with Crippen molar-refractivity contribution in [3.05, 3.63) is 59.4 Å². The van der Waals surface area contributed by atoms with Crippen molar-refractivity contribution in [1.29, 1.82) is 0 Å². The van der Waals surface area contributed by atoms with Crippen LogP contribution < -0.4 is 5.32 Å². The van der Waals surface area contributed by atoms with Crippen LogP contribution in [0.25, 0.3) is 10.9 Å². The Morgan fingerprint density at radius 1 is 1.04 bits per heavy atom. The van der Waals surface area contributed by atoms with Crippen LogP contribution in [0.5, 0.6) is 0 Å². The zero-order valence-corrected chi connectivity index (χ0v) is 14.8. The van der Waals surface area contributed by atoms with Gasteiger partial charge in [0.25, 0.3) is 0 Å². The molecule has 0 saturated heterocycles. The molecule has 0 fully saturated rings. The first-order valence-corrected chi connectivity index (χ1v) is 8.75. The molecule has 3 aromatic rings. The van der Waals surface area contributed by atoms with Crippen LogP contribution in [-0.2, 0) is 4.79 Å². The number of nitrogens with zero attached hydrogens (tertiary/aromatic N) is 2. The first-order chi connectivity index (χ1) is 11.5. The van der Waals surface area contributed by atoms with Gasteiger partial charge in [0.2, 0.25) is 5.91 Å². The van der Waals surface area contributed by atoms with Gasteiger partial charge in [-0.2, -0.15) is 0 Å². The fraction of sp³-hybridized carbons (Fsp3) is 0.211. The van der Waals surface area contributed by atoms with E-state index in [0.717, 1.165) is 32.7 Å². The normalized spacial score (nSPS) is 10.8. The van der Waals surface area contributed by atoms with Crippen molar-refractivity contribution < 1.29 is 4.79 Å². The third-order valence-corrected chi connectivity index (χ3v) is 4.89. The van der Waals surface area contributed by atoms with E-state index in [1.807, 2.05) is 63.2 Å². The van der Waals surface area contributed by atoms with Crippen LogP contribution in [0.2, 0.25) is 0 Å². The molecular formula is C19H19N3OS. The summed E-state index contributed by atoms with van der Waals surface area (Å²) in [5.41, 5.74) is 4.03. The Morgan fingerprint density at radius 2 is 1.83 bits per heavy atom. The summed E-state index contributed by atoms with van der Waals surface area (Å²) in [5.74, 6) is 0.994. The van der Waals surface area contributed by atoms with Crippen LogP contribution in [0, 0.1) is 20.8 Å². The molecule has 5 heteroatoms. The lowest BCUT2D eigenvalue weighted by Gasteiger charge is -2.10. The van der Waals surface area contributed by atoms with Gasteiger partial charge in [-0.05, 0) is 44.0 Å². The van der Waals surface area contributed by atoms with Gasteiger partial charge in [0.1, 0.15) is 10.9 Å². The van der Waals surface area contributed by atoms with Gasteiger partial charge < -0.3 is 5.32 Å². The molecule has 1 heterocycles. The van der Waals surface area contributed by atoms with Gasteiger partial charge in [0, 0.05) is 11.1 Å². The molecule has 122 valence electrons. The summed E-state index contributed by atoms with van der Waals surface area (Å²) in [5, 5.41) is 4.80. The van der Waals surface area contributed by atoms with E-state index < -0.39 is 0 Å². The number of anilines is 1. The maximum Gasteiger partial charge on any atom is 0.234 e. The second-order valence-electron chi connectivity index (χ2n) is 5.68. The van der Waals surface area contributed by atoms with E-state index in [1.54, 1.807) is 0 Å². The fourth-order valence-corrected chi connectivity index (χ4v) is 3.34. The average molecular weight is 337 g/mol. The van der Waals surface area contributed by atoms with E-state index in [2.05, 4.69) is 15.3 Å². The van der Waals surface area contributed by atoms with E-state index >= 15 is 0 Å². The van der Waals surface area contributed by atoms with E-state index in [-0.39, 0.29) is 5.91 Å². The molecule has 0 radical (unpaired) electrons. The van der Waals surface area contributed by atoms with E-state index in [9.17, 15) is 4.79 Å². The molecule has 24 heavy (non-hydrogen) atoms. The molecule has 4 nitrogen and oxygen atoms in total. The first kappa shape index (κ1) is 16.5. The van der Waals surface area contributed by atoms with Crippen LogP contribution in [-0.4, -0.2) is 21.6 Å². The van der Waals surface area contributed by atoms with Crippen molar-refractivity contribution in [3.63, 3.8) is 0 Å². The SMILES string of the molecule is Cc1nc(SCC(=O)Nc2cccc(C)c2C)c2ccccc2n1. The van der Waals surface area contributed by atoms with Gasteiger partial charge in [-0.1, -0.05) is 42.1 Å². The molecule has 0 saturated carbocycles. The van der Waals surface area contributed by atoms with Crippen LogP contribution >= 0.6 is 11.8 Å². The summed E-state index contributed by atoms with van der Waals surface area (Å²) >= 11 is 1.44. The lowest BCUT2D eigenvalue weighted by molar-refractivity contribution is -0.113. The van der Waals surface area contributed by atoms with Gasteiger partial charge in [-0.3, -0.25) is 4.79 Å². The van der Waals surface area contributed by atoms with Gasteiger partial charge in [0.15, 0.2) is 0 Å². The molecule has 1 amide bonds. The number of carbonyl (C=O) groups excluding carboxylic acids is 1. The molecule has 3 rings (SSSR count). The summed E-state index contributed by atoms with van der Waals surface area (Å²) in [7, 11) is 0. The Hall–Kier alpha value is -2.40. The standard InChI is InChI=1S/C19H19N3OS/c1-12-7-6-10-16(13(12)2)22-18(23)11-24-19-15-8-4-5-9-17(15)20-14(3)21-19/h4-10H,11H2,1-3H3,(H,22,23). The third kappa shape index (κ3) is 3.57. The second-order valence-corrected chi connectivity index (χ2v) is 6.64. The molecule has 1 aromatic heterocycles. The highest BCUT2D eigenvalue weighted by atomic mass is 32.2. The third-order valence-electron chi connectivity index (χ3n) is 3.90. The topological polar surface area (TPSA) is 54.9 Å². The molecule has 1 N–H and O–H groups in total. The number of nitrogens with one attached hydrogen (secondary N) is 1. The van der Waals surface area contributed by atoms with Crippen molar-refractivity contribution in [2.75, 3.05) is 11.1 Å². The van der Waals surface area contributed by atoms with Gasteiger partial charge in [0.05, 0.1) is 11.3 Å². The number of aryl methyl sites for hydroxylation is 2. The van der Waals surface area contributed by atoms with E-state index in [1.165, 1.54) is 11.8 Å². The minimum absolute atomic E-state index is 0.0333. The Labute approximate surface area is 145 Å². The summed E-state index contributed by atoms with van der Waals surface area (Å²) in [6.45, 7) is 5.92. The Morgan fingerprint density at radius 3 is 2.67 bits per heavy atom. The van der Waals surface area contributed by atoms with E-state index in [4.69, 9.17) is 0 Å². The molecule has 0 bridgehead atoms. The highest BCUT2D eigenvalue weighted by molar-refractivity contribution is 8.00. The number of rotatable bonds is 4. The largest absolute Gasteiger partial charge is 0.325 e. The molecule has 0 aliphatic carbocycles. The number of hydrogen-bond donors (Lipinski definition) is 1. The van der Waals surface area contributed by atoms with Gasteiger partial charge in [-0.15, -0.1) is 0 Å². The second kappa shape index (κ2) is 7.01. The number of para-hydroxylation sites is 1. The lowest BCUT2D eigenvalue weighted by atomic mass is 10.1. The number of hydrogen-bond acceptors (Lipinski definition) is 4. The number of benzene rings is 2. The molecule has 0 aliphatic rings. The Balaban J connectivity index is 1.74. The molecule has 0 unspecified atom stereocenters. The smallest absolute Gasteiger partial charge is 0.234 e. The monoisotopic (exact) mass is 337 g/mol. The van der Waals surface area contributed by atoms with Gasteiger partial charge >= 0.3 is 0 Å². The van der Waals surface area contributed by atoms with Crippen LogP contribution in [0.3, 0.4) is 0 Å². The zero-order valence-electron chi connectivity index (χ0n) is 14.0. The quantitative estimate of drug-likeness (QED) is 0.570. The summed E-state index contributed by atoms with van der Waals surface area (Å²) in [6, 6.07) is 13.8. The number of carbonyl (C=O) groups is 1. The van der Waals surface area contributed by atoms with Crippen molar-refractivity contribution in [2.45, 2.75) is 25.8 Å². The minimum Gasteiger partial charge on any atom is -0.325 e. The molecule has 2 aromatic carbocycles. The fourth-order valence-electron chi connectivity index (χ4n) is 2.48. The maximum absolute atomic E-state index is 12.3. The van der Waals surface area contributed by atoms with Crippen molar-refractivity contribution in [2.24, 2.45) is 0 Å². The van der Waals surface area contributed by atoms with Gasteiger partial charge in [-0.25, -0.2) is 9.97 Å². The molecule has 0 aliphatic heterocycles. The summed E-state index contributed by atoms with van der Waals surface area (Å²) in [4.78, 5) is 21.2. The lowest BCUT2D eigenvalue weighted by Crippen LogP contribution is -2.15. The number of aromatic nitrogens is 2. The summed E-state index contributed by atoms with van der Waals surface area (Å²) in [6.07, 6.45) is 0. The highest BCUT2D eigenvalue weighted by Crippen LogP contribution is 2.25. The number of amides is 1. The molecular weight excluding hydrogens is 318 g/mol. The number of thioether (sulfide) groups is 1. The Kier molecular flexibility index (Phi) is 4.81. The van der Waals surface area contributed by atoms with Crippen molar-refractivity contribution in [1.82, 2.24) is 9.97 Å². The first-order valence-electron chi connectivity index (χ1n) is 7.77. The highest BCUT2D eigenvalue weighted by Gasteiger charge is 2.10. The van der Waals surface area contributed by atoms with Crippen LogP contribution in [0.15, 0.2) is 47.5 Å². The average Bonchev–Trinajstić information content (AvgIpc) is 2.56. The zero-order chi connectivity index (χ0) is 17.1. The minimum atomic E-state index is -0.0333. The van der Waals surface area contributed by atoms with Crippen LogP contribution in [0.1, 0.15) is 17.0 Å². The van der Waals surface area contributed by atoms with Crippen molar-refractivity contribution >= 4 is 34.3 Å². The number of fused-ring (bicyclic) bond motifs is 1. The maximum atomic E-state index is 12.3. The predicted molar refractivity (Wildman–Crippen MR) is 99.5 cm³/mol. The predicted octanol–water partition coefficient (Wildman–Crippen LogP) is 4.29. The van der Waals surface area contributed by atoms with E-state index in [0.29, 0.717) is 11.6 Å². The van der Waals surface area contributed by atoms with Crippen LogP contribution in [0.4, 0.5) is 5.69 Å². The summed E-state index contributed by atoms with van der Waals surface area (Å²) < 4.78 is 0. The molecule has 0 spiro atoms. The molecule has 0 atom stereocenters. The van der Waals surface area contributed by atoms with Crippen molar-refractivity contribution in [3.8, 4) is 0 Å².